The van der Waals surface area contributed by atoms with Crippen molar-refractivity contribution < 1.29 is 24.1 Å². The predicted molar refractivity (Wildman–Crippen MR) is 110 cm³/mol. The number of cyclic esters (lactones) is 1. The van der Waals surface area contributed by atoms with E-state index in [9.17, 15) is 9.90 Å². The van der Waals surface area contributed by atoms with Crippen LogP contribution in [0.3, 0.4) is 0 Å². The van der Waals surface area contributed by atoms with Crippen molar-refractivity contribution >= 4 is 23.4 Å². The van der Waals surface area contributed by atoms with Gasteiger partial charge in [-0.3, -0.25) is 4.99 Å². The Labute approximate surface area is 169 Å². The molecule has 28 heavy (non-hydrogen) atoms. The number of hydrogen-bond donors (Lipinski definition) is 1. The van der Waals surface area contributed by atoms with Crippen molar-refractivity contribution in [1.82, 2.24) is 0 Å². The zero-order valence-corrected chi connectivity index (χ0v) is 17.1. The number of aliphatic imine (C=N–C) groups is 1. The number of ether oxygens (including phenoxy) is 3. The molecule has 0 amide bonds. The summed E-state index contributed by atoms with van der Waals surface area (Å²) in [6.45, 7) is 6.75. The molecule has 6 nitrogen and oxygen atoms in total. The Kier molecular flexibility index (Phi) is 6.67. The highest BCUT2D eigenvalue weighted by molar-refractivity contribution is 8.02. The molecule has 1 N–H and O–H groups in total. The SMILES string of the molecule is CCOc1ccc(C2CC(C3=C(O)CC(C)OC3=O)=NC=CS2)c(OCC)c1. The van der Waals surface area contributed by atoms with Crippen LogP contribution in [-0.4, -0.2) is 36.1 Å². The molecule has 0 bridgehead atoms. The minimum atomic E-state index is -0.522. The molecule has 1 aromatic rings. The Hall–Kier alpha value is -2.41. The van der Waals surface area contributed by atoms with Crippen LogP contribution in [0, 0.1) is 0 Å². The summed E-state index contributed by atoms with van der Waals surface area (Å²) in [6.07, 6.45) is 2.09. The first kappa shape index (κ1) is 20.3. The maximum Gasteiger partial charge on any atom is 0.343 e. The fourth-order valence-corrected chi connectivity index (χ4v) is 4.17. The van der Waals surface area contributed by atoms with Gasteiger partial charge >= 0.3 is 5.97 Å². The highest BCUT2D eigenvalue weighted by atomic mass is 32.2. The lowest BCUT2D eigenvalue weighted by Gasteiger charge is -2.24. The maximum atomic E-state index is 12.4. The van der Waals surface area contributed by atoms with Crippen molar-refractivity contribution in [2.24, 2.45) is 4.99 Å². The molecule has 0 saturated heterocycles. The number of thioether (sulfide) groups is 1. The highest BCUT2D eigenvalue weighted by Gasteiger charge is 2.32. The molecule has 0 aromatic heterocycles. The summed E-state index contributed by atoms with van der Waals surface area (Å²) in [7, 11) is 0. The van der Waals surface area contributed by atoms with E-state index in [2.05, 4.69) is 4.99 Å². The molecule has 1 aromatic carbocycles. The molecule has 3 rings (SSSR count). The third kappa shape index (κ3) is 4.52. The monoisotopic (exact) mass is 403 g/mol. The van der Waals surface area contributed by atoms with E-state index in [0.717, 1.165) is 17.1 Å². The van der Waals surface area contributed by atoms with E-state index in [1.54, 1.807) is 24.9 Å². The van der Waals surface area contributed by atoms with Crippen LogP contribution in [0.2, 0.25) is 0 Å². The van der Waals surface area contributed by atoms with Gasteiger partial charge in [-0.1, -0.05) is 6.07 Å². The van der Waals surface area contributed by atoms with Gasteiger partial charge in [0.25, 0.3) is 0 Å². The molecule has 0 aliphatic carbocycles. The van der Waals surface area contributed by atoms with Gasteiger partial charge in [0.1, 0.15) is 28.9 Å². The van der Waals surface area contributed by atoms with Gasteiger partial charge in [-0.05, 0) is 32.2 Å². The lowest BCUT2D eigenvalue weighted by Crippen LogP contribution is -2.28. The fraction of sp³-hybridized carbons (Fsp3) is 0.429. The van der Waals surface area contributed by atoms with Crippen LogP contribution in [0.25, 0.3) is 0 Å². The minimum Gasteiger partial charge on any atom is -0.511 e. The summed E-state index contributed by atoms with van der Waals surface area (Å²) in [4.78, 5) is 16.8. The number of carbonyl (C=O) groups excluding carboxylic acids is 1. The number of nitrogens with zero attached hydrogens (tertiary/aromatic N) is 1. The van der Waals surface area contributed by atoms with E-state index < -0.39 is 5.97 Å². The van der Waals surface area contributed by atoms with E-state index in [0.29, 0.717) is 31.8 Å². The number of benzene rings is 1. The number of esters is 1. The Morgan fingerprint density at radius 1 is 1.25 bits per heavy atom. The first-order valence-corrected chi connectivity index (χ1v) is 10.4. The molecule has 2 aliphatic rings. The van der Waals surface area contributed by atoms with Gasteiger partial charge in [-0.25, -0.2) is 4.79 Å². The summed E-state index contributed by atoms with van der Waals surface area (Å²) in [5, 5.41) is 12.2. The molecule has 0 spiro atoms. The van der Waals surface area contributed by atoms with Gasteiger partial charge in [-0.15, -0.1) is 11.8 Å². The maximum absolute atomic E-state index is 12.4. The zero-order chi connectivity index (χ0) is 20.1. The minimum absolute atomic E-state index is 0.0258. The number of carbonyl (C=O) groups is 1. The Morgan fingerprint density at radius 3 is 2.75 bits per heavy atom. The Balaban J connectivity index is 1.92. The normalized spacial score (nSPS) is 22.4. The van der Waals surface area contributed by atoms with Gasteiger partial charge in [0.05, 0.1) is 18.9 Å². The van der Waals surface area contributed by atoms with Gasteiger partial charge < -0.3 is 19.3 Å². The molecule has 2 aliphatic heterocycles. The molecule has 2 unspecified atom stereocenters. The number of aliphatic hydroxyl groups excluding tert-OH is 1. The molecular weight excluding hydrogens is 378 g/mol. The van der Waals surface area contributed by atoms with Crippen molar-refractivity contribution in [1.29, 1.82) is 0 Å². The van der Waals surface area contributed by atoms with Crippen LogP contribution >= 0.6 is 11.8 Å². The fourth-order valence-electron chi connectivity index (χ4n) is 3.25. The number of hydrogen-bond acceptors (Lipinski definition) is 7. The van der Waals surface area contributed by atoms with Crippen molar-refractivity contribution in [2.75, 3.05) is 13.2 Å². The molecule has 7 heteroatoms. The van der Waals surface area contributed by atoms with Crippen LogP contribution < -0.4 is 9.47 Å². The summed E-state index contributed by atoms with van der Waals surface area (Å²) >= 11 is 1.59. The molecule has 2 atom stereocenters. The molecule has 150 valence electrons. The van der Waals surface area contributed by atoms with Crippen molar-refractivity contribution in [3.8, 4) is 11.5 Å². The van der Waals surface area contributed by atoms with E-state index in [1.807, 2.05) is 37.5 Å². The van der Waals surface area contributed by atoms with Crippen LogP contribution in [-0.2, 0) is 9.53 Å². The van der Waals surface area contributed by atoms with Gasteiger partial charge in [-0.2, -0.15) is 0 Å². The summed E-state index contributed by atoms with van der Waals surface area (Å²) in [6, 6.07) is 5.79. The topological polar surface area (TPSA) is 77.4 Å². The van der Waals surface area contributed by atoms with E-state index in [1.165, 1.54) is 0 Å². The second-order valence-corrected chi connectivity index (χ2v) is 7.61. The third-order valence-corrected chi connectivity index (χ3v) is 5.45. The van der Waals surface area contributed by atoms with E-state index in [-0.39, 0.29) is 22.7 Å². The number of aliphatic hydroxyl groups is 1. The first-order chi connectivity index (χ1) is 13.5. The van der Waals surface area contributed by atoms with Crippen molar-refractivity contribution in [2.45, 2.75) is 45.0 Å². The van der Waals surface area contributed by atoms with Crippen molar-refractivity contribution in [3.05, 3.63) is 46.7 Å². The second-order valence-electron chi connectivity index (χ2n) is 6.50. The summed E-state index contributed by atoms with van der Waals surface area (Å²) < 4.78 is 16.7. The second kappa shape index (κ2) is 9.19. The molecule has 0 radical (unpaired) electrons. The molecular formula is C21H25NO5S. The van der Waals surface area contributed by atoms with Gasteiger partial charge in [0.2, 0.25) is 0 Å². The van der Waals surface area contributed by atoms with Crippen LogP contribution in [0.4, 0.5) is 0 Å². The lowest BCUT2D eigenvalue weighted by molar-refractivity contribution is -0.144. The van der Waals surface area contributed by atoms with Crippen LogP contribution in [0.1, 0.15) is 44.4 Å². The van der Waals surface area contributed by atoms with Gasteiger partial charge in [0.15, 0.2) is 0 Å². The quantitative estimate of drug-likeness (QED) is 0.693. The Bertz CT molecular complexity index is 830. The smallest absolute Gasteiger partial charge is 0.343 e. The van der Waals surface area contributed by atoms with Crippen molar-refractivity contribution in [3.63, 3.8) is 0 Å². The van der Waals surface area contributed by atoms with E-state index >= 15 is 0 Å². The largest absolute Gasteiger partial charge is 0.511 e. The third-order valence-electron chi connectivity index (χ3n) is 4.43. The Morgan fingerprint density at radius 2 is 2.04 bits per heavy atom. The van der Waals surface area contributed by atoms with E-state index in [4.69, 9.17) is 14.2 Å². The lowest BCUT2D eigenvalue weighted by atomic mass is 9.97. The standard InChI is InChI=1S/C21H25NO5S/c1-4-25-14-6-7-15(18(11-14)26-5-2)19-12-16(22-8-9-28-19)20-17(23)10-13(3)27-21(20)24/h6-9,11,13,19,23H,4-5,10,12H2,1-3H3. The van der Waals surface area contributed by atoms with Gasteiger partial charge in [0, 0.05) is 35.9 Å². The summed E-state index contributed by atoms with van der Waals surface area (Å²) in [5.41, 5.74) is 1.70. The highest BCUT2D eigenvalue weighted by Crippen LogP contribution is 2.42. The number of rotatable bonds is 6. The molecule has 0 fully saturated rings. The average Bonchev–Trinajstić information content (AvgIpc) is 2.88. The molecule has 0 saturated carbocycles. The van der Waals surface area contributed by atoms with Crippen LogP contribution in [0.15, 0.2) is 46.1 Å². The van der Waals surface area contributed by atoms with Crippen LogP contribution in [0.5, 0.6) is 11.5 Å². The predicted octanol–water partition coefficient (Wildman–Crippen LogP) is 4.72. The zero-order valence-electron chi connectivity index (χ0n) is 16.3. The first-order valence-electron chi connectivity index (χ1n) is 9.43. The molecule has 2 heterocycles. The average molecular weight is 404 g/mol. The summed E-state index contributed by atoms with van der Waals surface area (Å²) in [5.74, 6) is 1.02.